The summed E-state index contributed by atoms with van der Waals surface area (Å²) >= 11 is 3.55. The highest BCUT2D eigenvalue weighted by Crippen LogP contribution is 2.31. The van der Waals surface area contributed by atoms with Gasteiger partial charge in [0.15, 0.2) is 0 Å². The molecule has 0 aromatic heterocycles. The Morgan fingerprint density at radius 1 is 1.52 bits per heavy atom. The molecule has 1 aliphatic rings. The van der Waals surface area contributed by atoms with Crippen LogP contribution in [0.15, 0.2) is 28.7 Å². The van der Waals surface area contributed by atoms with Gasteiger partial charge in [0.25, 0.3) is 0 Å². The molecule has 1 N–H and O–H groups in total. The summed E-state index contributed by atoms with van der Waals surface area (Å²) in [6.45, 7) is 4.37. The van der Waals surface area contributed by atoms with Crippen molar-refractivity contribution in [2.24, 2.45) is 5.92 Å². The third-order valence-corrected chi connectivity index (χ3v) is 4.87. The Bertz CT molecular complexity index is 478. The van der Waals surface area contributed by atoms with Gasteiger partial charge in [-0.2, -0.15) is 0 Å². The summed E-state index contributed by atoms with van der Waals surface area (Å²) < 4.78 is 1.12. The lowest BCUT2D eigenvalue weighted by Gasteiger charge is -2.38. The number of hydrogen-bond acceptors (Lipinski definition) is 2. The number of carboxylic acid groups (broad SMARTS) is 1. The molecule has 1 aliphatic heterocycles. The molecule has 21 heavy (non-hydrogen) atoms. The first kappa shape index (κ1) is 16.5. The predicted molar refractivity (Wildman–Crippen MR) is 88.3 cm³/mol. The molecule has 0 radical (unpaired) electrons. The van der Waals surface area contributed by atoms with Gasteiger partial charge in [0.1, 0.15) is 0 Å². The van der Waals surface area contributed by atoms with Crippen molar-refractivity contribution in [3.05, 3.63) is 34.3 Å². The van der Waals surface area contributed by atoms with Crippen molar-refractivity contribution >= 4 is 21.9 Å². The monoisotopic (exact) mass is 353 g/mol. The summed E-state index contributed by atoms with van der Waals surface area (Å²) in [5, 5.41) is 8.86. The van der Waals surface area contributed by atoms with Crippen LogP contribution in [0.5, 0.6) is 0 Å². The van der Waals surface area contributed by atoms with Crippen LogP contribution in [0.3, 0.4) is 0 Å². The maximum atomic E-state index is 10.8. The third-order valence-electron chi connectivity index (χ3n) is 4.38. The molecule has 0 bridgehead atoms. The first-order chi connectivity index (χ1) is 10.1. The average molecular weight is 354 g/mol. The van der Waals surface area contributed by atoms with Crippen molar-refractivity contribution < 1.29 is 9.90 Å². The van der Waals surface area contributed by atoms with Crippen LogP contribution in [0, 0.1) is 5.92 Å². The number of rotatable bonds is 6. The van der Waals surface area contributed by atoms with Gasteiger partial charge in [-0.3, -0.25) is 9.69 Å². The highest BCUT2D eigenvalue weighted by Gasteiger charge is 2.26. The lowest BCUT2D eigenvalue weighted by Crippen LogP contribution is -2.38. The first-order valence-electron chi connectivity index (χ1n) is 7.81. The maximum absolute atomic E-state index is 10.8. The highest BCUT2D eigenvalue weighted by molar-refractivity contribution is 9.10. The first-order valence-corrected chi connectivity index (χ1v) is 8.60. The van der Waals surface area contributed by atoms with E-state index in [1.54, 1.807) is 0 Å². The van der Waals surface area contributed by atoms with E-state index >= 15 is 0 Å². The summed E-state index contributed by atoms with van der Waals surface area (Å²) in [6, 6.07) is 8.99. The molecule has 1 heterocycles. The SMILES string of the molecule is CCC(c1cccc(Br)c1)N1CCCC(CCC(=O)O)C1. The zero-order chi connectivity index (χ0) is 15.2. The molecule has 1 fully saturated rings. The van der Waals surface area contributed by atoms with Crippen molar-refractivity contribution in [2.45, 2.75) is 45.1 Å². The van der Waals surface area contributed by atoms with Gasteiger partial charge >= 0.3 is 5.97 Å². The molecular weight excluding hydrogens is 330 g/mol. The topological polar surface area (TPSA) is 40.5 Å². The highest BCUT2D eigenvalue weighted by atomic mass is 79.9. The van der Waals surface area contributed by atoms with E-state index in [-0.39, 0.29) is 0 Å². The van der Waals surface area contributed by atoms with Crippen LogP contribution in [-0.2, 0) is 4.79 Å². The van der Waals surface area contributed by atoms with Crippen molar-refractivity contribution in [3.63, 3.8) is 0 Å². The second kappa shape index (κ2) is 7.95. The maximum Gasteiger partial charge on any atom is 0.303 e. The second-order valence-corrected chi connectivity index (χ2v) is 6.83. The molecule has 1 aromatic rings. The molecule has 0 aliphatic carbocycles. The van der Waals surface area contributed by atoms with E-state index in [2.05, 4.69) is 52.0 Å². The van der Waals surface area contributed by atoms with E-state index < -0.39 is 5.97 Å². The summed E-state index contributed by atoms with van der Waals surface area (Å²) in [6.07, 6.45) is 4.53. The van der Waals surface area contributed by atoms with Crippen molar-refractivity contribution in [1.82, 2.24) is 4.90 Å². The lowest BCUT2D eigenvalue weighted by molar-refractivity contribution is -0.137. The third kappa shape index (κ3) is 4.82. The Morgan fingerprint density at radius 3 is 3.00 bits per heavy atom. The Kier molecular flexibility index (Phi) is 6.24. The Labute approximate surface area is 135 Å². The smallest absolute Gasteiger partial charge is 0.303 e. The van der Waals surface area contributed by atoms with Gasteiger partial charge in [-0.1, -0.05) is 35.0 Å². The van der Waals surface area contributed by atoms with Gasteiger partial charge in [-0.05, 0) is 55.8 Å². The van der Waals surface area contributed by atoms with Crippen LogP contribution in [0.1, 0.15) is 50.6 Å². The molecule has 2 atom stereocenters. The van der Waals surface area contributed by atoms with Gasteiger partial charge in [0.2, 0.25) is 0 Å². The molecule has 0 saturated carbocycles. The van der Waals surface area contributed by atoms with Crippen LogP contribution < -0.4 is 0 Å². The number of carbonyl (C=O) groups is 1. The second-order valence-electron chi connectivity index (χ2n) is 5.91. The molecule has 2 unspecified atom stereocenters. The number of carboxylic acids is 1. The quantitative estimate of drug-likeness (QED) is 0.819. The molecule has 2 rings (SSSR count). The number of nitrogens with zero attached hydrogens (tertiary/aromatic N) is 1. The minimum atomic E-state index is -0.675. The van der Waals surface area contributed by atoms with Crippen molar-refractivity contribution in [2.75, 3.05) is 13.1 Å². The fraction of sp³-hybridized carbons (Fsp3) is 0.588. The lowest BCUT2D eigenvalue weighted by atomic mass is 9.91. The van der Waals surface area contributed by atoms with E-state index in [1.807, 2.05) is 0 Å². The van der Waals surface area contributed by atoms with E-state index in [4.69, 9.17) is 5.11 Å². The van der Waals surface area contributed by atoms with Gasteiger partial charge in [-0.15, -0.1) is 0 Å². The van der Waals surface area contributed by atoms with Crippen LogP contribution in [0.25, 0.3) is 0 Å². The summed E-state index contributed by atoms with van der Waals surface area (Å²) in [5.41, 5.74) is 1.35. The van der Waals surface area contributed by atoms with Gasteiger partial charge in [-0.25, -0.2) is 0 Å². The Balaban J connectivity index is 2.02. The van der Waals surface area contributed by atoms with Gasteiger partial charge < -0.3 is 5.11 Å². The molecule has 1 aromatic carbocycles. The zero-order valence-electron chi connectivity index (χ0n) is 12.6. The van der Waals surface area contributed by atoms with E-state index in [0.717, 1.165) is 30.4 Å². The Morgan fingerprint density at radius 2 is 2.33 bits per heavy atom. The number of benzene rings is 1. The molecule has 0 amide bonds. The van der Waals surface area contributed by atoms with E-state index in [1.165, 1.54) is 18.4 Å². The number of aliphatic carboxylic acids is 1. The molecule has 4 heteroatoms. The number of likely N-dealkylation sites (tertiary alicyclic amines) is 1. The number of piperidine rings is 1. The van der Waals surface area contributed by atoms with Gasteiger partial charge in [0, 0.05) is 23.5 Å². The van der Waals surface area contributed by atoms with Crippen molar-refractivity contribution in [3.8, 4) is 0 Å². The van der Waals surface area contributed by atoms with Crippen molar-refractivity contribution in [1.29, 1.82) is 0 Å². The normalized spacial score (nSPS) is 21.1. The standard InChI is InChI=1S/C17H24BrNO2/c1-2-16(14-6-3-7-15(18)11-14)19-10-4-5-13(12-19)8-9-17(20)21/h3,6-7,11,13,16H,2,4-5,8-10,12H2,1H3,(H,20,21). The molecule has 3 nitrogen and oxygen atoms in total. The minimum Gasteiger partial charge on any atom is -0.481 e. The van der Waals surface area contributed by atoms with Crippen LogP contribution in [0.2, 0.25) is 0 Å². The fourth-order valence-corrected chi connectivity index (χ4v) is 3.78. The number of halogens is 1. The molecule has 0 spiro atoms. The summed E-state index contributed by atoms with van der Waals surface area (Å²) in [5.74, 6) is -0.151. The summed E-state index contributed by atoms with van der Waals surface area (Å²) in [4.78, 5) is 13.3. The fourth-order valence-electron chi connectivity index (χ4n) is 3.36. The van der Waals surface area contributed by atoms with Crippen LogP contribution in [-0.4, -0.2) is 29.1 Å². The number of hydrogen-bond donors (Lipinski definition) is 1. The average Bonchev–Trinajstić information content (AvgIpc) is 2.46. The Hall–Kier alpha value is -0.870. The van der Waals surface area contributed by atoms with Gasteiger partial charge in [0.05, 0.1) is 0 Å². The zero-order valence-corrected chi connectivity index (χ0v) is 14.2. The van der Waals surface area contributed by atoms with Crippen LogP contribution >= 0.6 is 15.9 Å². The van der Waals surface area contributed by atoms with E-state index in [9.17, 15) is 4.79 Å². The predicted octanol–water partition coefficient (Wildman–Crippen LogP) is 4.48. The molecular formula is C17H24BrNO2. The minimum absolute atomic E-state index is 0.298. The molecule has 116 valence electrons. The van der Waals surface area contributed by atoms with E-state index in [0.29, 0.717) is 18.4 Å². The largest absolute Gasteiger partial charge is 0.481 e. The van der Waals surface area contributed by atoms with Crippen LogP contribution in [0.4, 0.5) is 0 Å². The molecule has 1 saturated heterocycles. The summed E-state index contributed by atoms with van der Waals surface area (Å²) in [7, 11) is 0.